The molecule has 31 heavy (non-hydrogen) atoms. The van der Waals surface area contributed by atoms with E-state index < -0.39 is 16.0 Å². The van der Waals surface area contributed by atoms with Gasteiger partial charge in [0.25, 0.3) is 5.91 Å². The molecule has 0 fully saturated rings. The van der Waals surface area contributed by atoms with Crippen molar-refractivity contribution in [1.29, 1.82) is 5.26 Å². The van der Waals surface area contributed by atoms with Crippen LogP contribution in [0, 0.1) is 18.3 Å². The molecular formula is C23H18N2O5S. The molecule has 0 unspecified atom stereocenters. The molecule has 0 aliphatic heterocycles. The molecule has 1 amide bonds. The Bertz CT molecular complexity index is 1270. The average Bonchev–Trinajstić information content (AvgIpc) is 2.74. The van der Waals surface area contributed by atoms with Crippen LogP contribution in [0.15, 0.2) is 83.3 Å². The number of aromatic hydroxyl groups is 1. The van der Waals surface area contributed by atoms with E-state index in [0.717, 1.165) is 5.56 Å². The van der Waals surface area contributed by atoms with E-state index >= 15 is 0 Å². The van der Waals surface area contributed by atoms with Gasteiger partial charge >= 0.3 is 10.1 Å². The number of hydrogen-bond donors (Lipinski definition) is 2. The summed E-state index contributed by atoms with van der Waals surface area (Å²) in [5.41, 5.74) is 1.55. The van der Waals surface area contributed by atoms with Gasteiger partial charge in [0.1, 0.15) is 28.0 Å². The lowest BCUT2D eigenvalue weighted by atomic mass is 10.1. The van der Waals surface area contributed by atoms with Crippen LogP contribution in [0.2, 0.25) is 0 Å². The van der Waals surface area contributed by atoms with Crippen molar-refractivity contribution in [3.63, 3.8) is 0 Å². The van der Waals surface area contributed by atoms with E-state index in [1.54, 1.807) is 24.3 Å². The van der Waals surface area contributed by atoms with E-state index in [9.17, 15) is 23.6 Å². The fraction of sp³-hybridized carbons (Fsp3) is 0.0435. The minimum atomic E-state index is -4.03. The molecule has 0 heterocycles. The van der Waals surface area contributed by atoms with Gasteiger partial charge in [-0.3, -0.25) is 4.79 Å². The Balaban J connectivity index is 1.80. The molecule has 156 valence electrons. The Kier molecular flexibility index (Phi) is 6.38. The summed E-state index contributed by atoms with van der Waals surface area (Å²) in [6.45, 7) is 1.84. The summed E-state index contributed by atoms with van der Waals surface area (Å²) < 4.78 is 30.1. The first-order valence-electron chi connectivity index (χ1n) is 9.10. The van der Waals surface area contributed by atoms with Gasteiger partial charge in [-0.25, -0.2) is 0 Å². The van der Waals surface area contributed by atoms with Crippen molar-refractivity contribution in [3.8, 4) is 17.6 Å². The predicted molar refractivity (Wildman–Crippen MR) is 116 cm³/mol. The lowest BCUT2D eigenvalue weighted by molar-refractivity contribution is -0.112. The summed E-state index contributed by atoms with van der Waals surface area (Å²) in [6.07, 6.45) is 1.32. The van der Waals surface area contributed by atoms with E-state index in [4.69, 9.17) is 4.18 Å². The molecule has 0 aliphatic rings. The minimum Gasteiger partial charge on any atom is -0.508 e. The van der Waals surface area contributed by atoms with Crippen LogP contribution in [0.3, 0.4) is 0 Å². The number of anilines is 1. The molecule has 3 aromatic carbocycles. The van der Waals surface area contributed by atoms with Crippen LogP contribution < -0.4 is 9.50 Å². The SMILES string of the molecule is Cc1ccc(S(=O)(=O)Oc2cccc(/C=C(/C#N)C(=O)Nc3ccc(O)cc3)c2)cc1. The van der Waals surface area contributed by atoms with Crippen molar-refractivity contribution in [2.24, 2.45) is 0 Å². The third-order valence-corrected chi connectivity index (χ3v) is 5.44. The number of benzene rings is 3. The molecule has 3 rings (SSSR count). The van der Waals surface area contributed by atoms with Crippen LogP contribution in [0.25, 0.3) is 6.08 Å². The molecule has 0 saturated heterocycles. The molecular weight excluding hydrogens is 416 g/mol. The number of nitrogens with zero attached hydrogens (tertiary/aromatic N) is 1. The second-order valence-electron chi connectivity index (χ2n) is 6.59. The Morgan fingerprint density at radius 2 is 1.74 bits per heavy atom. The zero-order valence-electron chi connectivity index (χ0n) is 16.4. The number of carbonyl (C=O) groups is 1. The fourth-order valence-electron chi connectivity index (χ4n) is 2.59. The zero-order valence-corrected chi connectivity index (χ0v) is 17.3. The lowest BCUT2D eigenvalue weighted by Crippen LogP contribution is -2.13. The Morgan fingerprint density at radius 1 is 1.06 bits per heavy atom. The number of nitriles is 1. The summed E-state index contributed by atoms with van der Waals surface area (Å²) in [5.74, 6) is -0.552. The van der Waals surface area contributed by atoms with E-state index in [0.29, 0.717) is 11.3 Å². The predicted octanol–water partition coefficient (Wildman–Crippen LogP) is 4.01. The fourth-order valence-corrected chi connectivity index (χ4v) is 3.52. The van der Waals surface area contributed by atoms with Gasteiger partial charge < -0.3 is 14.6 Å². The Hall–Kier alpha value is -4.09. The number of phenolic OH excluding ortho intramolecular Hbond substituents is 1. The highest BCUT2D eigenvalue weighted by Gasteiger charge is 2.17. The second kappa shape index (κ2) is 9.15. The van der Waals surface area contributed by atoms with Crippen LogP contribution in [0.5, 0.6) is 11.5 Å². The zero-order chi connectivity index (χ0) is 22.4. The summed E-state index contributed by atoms with van der Waals surface area (Å²) >= 11 is 0. The van der Waals surface area contributed by atoms with Crippen LogP contribution in [-0.2, 0) is 14.9 Å². The maximum Gasteiger partial charge on any atom is 0.339 e. The molecule has 0 saturated carbocycles. The second-order valence-corrected chi connectivity index (χ2v) is 8.14. The number of hydrogen-bond acceptors (Lipinski definition) is 6. The molecule has 0 bridgehead atoms. The van der Waals surface area contributed by atoms with Crippen molar-refractivity contribution >= 4 is 27.8 Å². The first-order valence-corrected chi connectivity index (χ1v) is 10.5. The third kappa shape index (κ3) is 5.72. The van der Waals surface area contributed by atoms with E-state index in [2.05, 4.69) is 5.32 Å². The molecule has 0 aliphatic carbocycles. The van der Waals surface area contributed by atoms with Crippen LogP contribution in [-0.4, -0.2) is 19.4 Å². The van der Waals surface area contributed by atoms with Crippen LogP contribution >= 0.6 is 0 Å². The Morgan fingerprint density at radius 3 is 2.39 bits per heavy atom. The van der Waals surface area contributed by atoms with Crippen molar-refractivity contribution in [2.75, 3.05) is 5.32 Å². The number of carbonyl (C=O) groups excluding carboxylic acids is 1. The average molecular weight is 434 g/mol. The minimum absolute atomic E-state index is 0.0186. The quantitative estimate of drug-likeness (QED) is 0.262. The van der Waals surface area contributed by atoms with Gasteiger partial charge in [0, 0.05) is 5.69 Å². The van der Waals surface area contributed by atoms with Gasteiger partial charge in [0.2, 0.25) is 0 Å². The maximum absolute atomic E-state index is 12.5. The smallest absolute Gasteiger partial charge is 0.339 e. The standard InChI is InChI=1S/C23H18N2O5S/c1-16-5-11-22(12-6-16)31(28,29)30-21-4-2-3-17(14-21)13-18(15-24)23(27)25-19-7-9-20(26)10-8-19/h2-14,26H,1H3,(H,25,27)/b18-13-. The largest absolute Gasteiger partial charge is 0.508 e. The molecule has 8 heteroatoms. The topological polar surface area (TPSA) is 116 Å². The number of rotatable bonds is 6. The van der Waals surface area contributed by atoms with Gasteiger partial charge in [-0.2, -0.15) is 13.7 Å². The molecule has 0 aromatic heterocycles. The normalized spacial score (nSPS) is 11.4. The molecule has 0 radical (unpaired) electrons. The summed E-state index contributed by atoms with van der Waals surface area (Å²) in [4.78, 5) is 12.4. The monoisotopic (exact) mass is 434 g/mol. The summed E-state index contributed by atoms with van der Waals surface area (Å²) in [5, 5.41) is 21.2. The van der Waals surface area contributed by atoms with Gasteiger partial charge in [-0.15, -0.1) is 0 Å². The van der Waals surface area contributed by atoms with Gasteiger partial charge in [-0.05, 0) is 67.1 Å². The molecule has 3 aromatic rings. The van der Waals surface area contributed by atoms with Crippen molar-refractivity contribution in [3.05, 3.63) is 89.5 Å². The van der Waals surface area contributed by atoms with Crippen molar-refractivity contribution in [1.82, 2.24) is 0 Å². The summed E-state index contributed by atoms with van der Waals surface area (Å²) in [7, 11) is -4.03. The number of phenols is 1. The summed E-state index contributed by atoms with van der Waals surface area (Å²) in [6, 6.07) is 19.9. The first kappa shape index (κ1) is 21.6. The first-order chi connectivity index (χ1) is 14.8. The Labute approximate surface area is 180 Å². The molecule has 0 spiro atoms. The van der Waals surface area contributed by atoms with E-state index in [-0.39, 0.29) is 22.0 Å². The lowest BCUT2D eigenvalue weighted by Gasteiger charge is -2.08. The third-order valence-electron chi connectivity index (χ3n) is 4.17. The molecule has 2 N–H and O–H groups in total. The highest BCUT2D eigenvalue weighted by atomic mass is 32.2. The van der Waals surface area contributed by atoms with Gasteiger partial charge in [0.15, 0.2) is 0 Å². The van der Waals surface area contributed by atoms with E-state index in [1.165, 1.54) is 54.6 Å². The highest BCUT2D eigenvalue weighted by molar-refractivity contribution is 7.87. The van der Waals surface area contributed by atoms with Gasteiger partial charge in [-0.1, -0.05) is 29.8 Å². The molecule has 0 atom stereocenters. The van der Waals surface area contributed by atoms with Crippen LogP contribution in [0.1, 0.15) is 11.1 Å². The molecule has 7 nitrogen and oxygen atoms in total. The highest BCUT2D eigenvalue weighted by Crippen LogP contribution is 2.22. The van der Waals surface area contributed by atoms with Crippen molar-refractivity contribution < 1.29 is 22.5 Å². The van der Waals surface area contributed by atoms with Crippen molar-refractivity contribution in [2.45, 2.75) is 11.8 Å². The number of amides is 1. The van der Waals surface area contributed by atoms with Gasteiger partial charge in [0.05, 0.1) is 0 Å². The van der Waals surface area contributed by atoms with E-state index in [1.807, 2.05) is 13.0 Å². The number of aryl methyl sites for hydroxylation is 1. The number of nitrogens with one attached hydrogen (secondary N) is 1. The maximum atomic E-state index is 12.5. The van der Waals surface area contributed by atoms with Crippen LogP contribution in [0.4, 0.5) is 5.69 Å².